The Balaban J connectivity index is 0.000000281. The third-order valence-corrected chi connectivity index (χ3v) is 1.97. The van der Waals surface area contributed by atoms with Gasteiger partial charge in [-0.15, -0.1) is 0 Å². The zero-order valence-electron chi connectivity index (χ0n) is 5.20. The van der Waals surface area contributed by atoms with E-state index in [0.717, 1.165) is 34.7 Å². The molecular formula is C6H2Cl3HfO. The molecule has 1 nitrogen and oxygen atoms in total. The summed E-state index contributed by atoms with van der Waals surface area (Å²) in [5.41, 5.74) is 0. The van der Waals surface area contributed by atoms with Crippen LogP contribution in [0.3, 0.4) is 0 Å². The molecule has 0 saturated heterocycles. The number of benzene rings is 1. The zero-order chi connectivity index (χ0) is 8.43. The molecule has 1 aliphatic heterocycles. The fourth-order valence-corrected chi connectivity index (χ4v) is 1.02. The van der Waals surface area contributed by atoms with Gasteiger partial charge >= 0.3 is 31.8 Å². The first-order chi connectivity index (χ1) is 5.29. The van der Waals surface area contributed by atoms with Crippen LogP contribution in [-0.4, -0.2) is 0 Å². The van der Waals surface area contributed by atoms with Crippen molar-refractivity contribution in [3.8, 4) is 11.5 Å². The quantitative estimate of drug-likeness (QED) is 0.505. The average Bonchev–Trinajstić information content (AvgIpc) is 2.81. The first-order valence-corrected chi connectivity index (χ1v) is 7.84. The molecule has 0 fully saturated rings. The van der Waals surface area contributed by atoms with E-state index in [-0.39, 0.29) is 0 Å². The van der Waals surface area contributed by atoms with Crippen LogP contribution < -0.4 is 4.74 Å². The number of fused-ring (bicyclic) bond motifs is 1. The van der Waals surface area contributed by atoms with Gasteiger partial charge in [0.1, 0.15) is 5.02 Å². The molecule has 0 atom stereocenters. The Morgan fingerprint density at radius 3 is 2.36 bits per heavy atom. The Morgan fingerprint density at radius 2 is 1.82 bits per heavy atom. The van der Waals surface area contributed by atoms with Crippen molar-refractivity contribution in [2.75, 3.05) is 0 Å². The van der Waals surface area contributed by atoms with Gasteiger partial charge < -0.3 is 4.74 Å². The molecule has 1 aliphatic rings. The van der Waals surface area contributed by atoms with Crippen LogP contribution in [-0.2, 0) is 23.2 Å². The summed E-state index contributed by atoms with van der Waals surface area (Å²) in [7, 11) is 4.78. The Morgan fingerprint density at radius 1 is 1.18 bits per heavy atom. The van der Waals surface area contributed by atoms with E-state index < -0.39 is 0 Å². The van der Waals surface area contributed by atoms with Crippen molar-refractivity contribution in [1.29, 1.82) is 0 Å². The van der Waals surface area contributed by atoms with E-state index in [4.69, 9.17) is 36.5 Å². The van der Waals surface area contributed by atoms with Gasteiger partial charge in [0.25, 0.3) is 0 Å². The monoisotopic (exact) mass is 375 g/mol. The van der Waals surface area contributed by atoms with Crippen molar-refractivity contribution in [2.24, 2.45) is 0 Å². The van der Waals surface area contributed by atoms with Crippen LogP contribution in [0.2, 0.25) is 10.0 Å². The van der Waals surface area contributed by atoms with Gasteiger partial charge in [-0.25, -0.2) is 0 Å². The Kier molecular flexibility index (Phi) is 3.69. The van der Waals surface area contributed by atoms with Crippen molar-refractivity contribution in [3.05, 3.63) is 22.2 Å². The van der Waals surface area contributed by atoms with Gasteiger partial charge in [0.15, 0.2) is 11.5 Å². The first kappa shape index (κ1) is 9.85. The normalized spacial score (nSPS) is 10.4. The van der Waals surface area contributed by atoms with Crippen molar-refractivity contribution in [1.82, 2.24) is 0 Å². The molecule has 2 rings (SSSR count). The molecule has 0 unspecified atom stereocenters. The molecule has 1 heterocycles. The predicted molar refractivity (Wildman–Crippen MR) is 42.4 cm³/mol. The van der Waals surface area contributed by atoms with Crippen LogP contribution in [0.25, 0.3) is 0 Å². The van der Waals surface area contributed by atoms with E-state index in [9.17, 15) is 0 Å². The molecule has 1 aromatic rings. The molecule has 11 heavy (non-hydrogen) atoms. The van der Waals surface area contributed by atoms with Gasteiger partial charge in [0.2, 0.25) is 0 Å². The molecule has 0 saturated carbocycles. The molecule has 1 aromatic carbocycles. The number of rotatable bonds is 0. The number of ether oxygens (including phenoxy) is 1. The Bertz CT molecular complexity index is 273. The third-order valence-electron chi connectivity index (χ3n) is 1.18. The summed E-state index contributed by atoms with van der Waals surface area (Å²) < 4.78 is 4.93. The predicted octanol–water partition coefficient (Wildman–Crippen LogP) is 3.79. The first-order valence-electron chi connectivity index (χ1n) is 2.64. The molecule has 0 aliphatic carbocycles. The summed E-state index contributed by atoms with van der Waals surface area (Å²) in [6, 6.07) is 3.51. The van der Waals surface area contributed by atoms with Crippen LogP contribution in [0, 0.1) is 0 Å². The SMILES string of the molecule is Clc1ccc2c(c1Cl)O2.[Cl][Hf]. The molecule has 0 bridgehead atoms. The topological polar surface area (TPSA) is 12.5 Å². The van der Waals surface area contributed by atoms with Gasteiger partial charge in [0, 0.05) is 0 Å². The van der Waals surface area contributed by atoms with Gasteiger partial charge in [-0.05, 0) is 12.1 Å². The van der Waals surface area contributed by atoms with Gasteiger partial charge in [-0.3, -0.25) is 0 Å². The van der Waals surface area contributed by atoms with E-state index >= 15 is 0 Å². The Hall–Kier alpha value is 0.760. The average molecular weight is 375 g/mol. The summed E-state index contributed by atoms with van der Waals surface area (Å²) >= 11 is 12.1. The van der Waals surface area contributed by atoms with Crippen molar-refractivity contribution < 1.29 is 27.9 Å². The van der Waals surface area contributed by atoms with Crippen molar-refractivity contribution >= 4 is 31.8 Å². The fraction of sp³-hybridized carbons (Fsp3) is 0. The maximum absolute atomic E-state index is 5.67. The van der Waals surface area contributed by atoms with Crippen molar-refractivity contribution in [3.63, 3.8) is 0 Å². The van der Waals surface area contributed by atoms with Crippen LogP contribution >= 0.6 is 31.8 Å². The summed E-state index contributed by atoms with van der Waals surface area (Å²) in [6.45, 7) is 0. The molecule has 57 valence electrons. The minimum atomic E-state index is 0.522. The van der Waals surface area contributed by atoms with E-state index in [1.807, 2.05) is 0 Å². The zero-order valence-corrected chi connectivity index (χ0v) is 11.1. The van der Waals surface area contributed by atoms with E-state index in [1.54, 1.807) is 12.1 Å². The standard InChI is InChI=1S/C6H2Cl2O.ClH.Hf/c7-3-1-2-4-6(9-4)5(3)8;;/h1-2H;1H;/q;;+1/p-1. The van der Waals surface area contributed by atoms with Crippen LogP contribution in [0.15, 0.2) is 12.1 Å². The molecular weight excluding hydrogens is 373 g/mol. The minimum absolute atomic E-state index is 0.522. The second kappa shape index (κ2) is 4.13. The van der Waals surface area contributed by atoms with E-state index in [2.05, 4.69) is 0 Å². The van der Waals surface area contributed by atoms with Crippen LogP contribution in [0.4, 0.5) is 0 Å². The summed E-state index contributed by atoms with van der Waals surface area (Å²) in [4.78, 5) is 0. The van der Waals surface area contributed by atoms with Crippen LogP contribution in [0.5, 0.6) is 11.5 Å². The Labute approximate surface area is 92.7 Å². The van der Waals surface area contributed by atoms with Crippen LogP contribution in [0.1, 0.15) is 0 Å². The number of halogens is 3. The molecule has 0 aromatic heterocycles. The van der Waals surface area contributed by atoms with Gasteiger partial charge in [-0.2, -0.15) is 0 Å². The number of hydrogen-bond acceptors (Lipinski definition) is 1. The van der Waals surface area contributed by atoms with E-state index in [0.29, 0.717) is 10.0 Å². The summed E-state index contributed by atoms with van der Waals surface area (Å²) in [5.74, 6) is 1.56. The summed E-state index contributed by atoms with van der Waals surface area (Å²) in [6.07, 6.45) is 0. The maximum atomic E-state index is 5.67. The van der Waals surface area contributed by atoms with E-state index in [1.165, 1.54) is 0 Å². The molecule has 0 amide bonds. The van der Waals surface area contributed by atoms with Gasteiger partial charge in [-0.1, -0.05) is 23.2 Å². The molecule has 0 radical (unpaired) electrons. The van der Waals surface area contributed by atoms with Crippen molar-refractivity contribution in [2.45, 2.75) is 0 Å². The third kappa shape index (κ3) is 2.11. The molecule has 0 spiro atoms. The number of hydrogen-bond donors (Lipinski definition) is 0. The second-order valence-electron chi connectivity index (χ2n) is 1.79. The fourth-order valence-electron chi connectivity index (χ4n) is 0.678. The van der Waals surface area contributed by atoms with Gasteiger partial charge in [0.05, 0.1) is 5.02 Å². The molecule has 5 heteroatoms. The summed E-state index contributed by atoms with van der Waals surface area (Å²) in [5, 5.41) is 1.07. The second-order valence-corrected chi connectivity index (χ2v) is 2.58. The molecule has 0 N–H and O–H groups in total.